The fourth-order valence-corrected chi connectivity index (χ4v) is 4.25. The van der Waals surface area contributed by atoms with Gasteiger partial charge in [-0.25, -0.2) is 9.98 Å². The van der Waals surface area contributed by atoms with Crippen LogP contribution in [-0.2, 0) is 6.42 Å². The van der Waals surface area contributed by atoms with E-state index in [1.165, 1.54) is 12.1 Å². The number of nitrogens with zero attached hydrogens (tertiary/aromatic N) is 3. The van der Waals surface area contributed by atoms with Gasteiger partial charge in [0, 0.05) is 28.6 Å². The van der Waals surface area contributed by atoms with Crippen LogP contribution < -0.4 is 5.73 Å². The van der Waals surface area contributed by atoms with E-state index in [0.29, 0.717) is 34.4 Å². The Morgan fingerprint density at radius 2 is 1.87 bits per heavy atom. The molecule has 0 atom stereocenters. The number of aryl methyl sites for hydroxylation is 1. The van der Waals surface area contributed by atoms with Crippen molar-refractivity contribution in [3.8, 4) is 5.88 Å². The van der Waals surface area contributed by atoms with Crippen LogP contribution in [0.25, 0.3) is 23.1 Å². The summed E-state index contributed by atoms with van der Waals surface area (Å²) in [4.78, 5) is 25.9. The van der Waals surface area contributed by atoms with E-state index in [4.69, 9.17) is 10.7 Å². The number of nitro benzene ring substituents is 1. The molecule has 0 spiro atoms. The number of aromatic nitrogens is 3. The zero-order valence-electron chi connectivity index (χ0n) is 20.5. The van der Waals surface area contributed by atoms with Crippen molar-refractivity contribution in [2.45, 2.75) is 12.8 Å². The zero-order valence-corrected chi connectivity index (χ0v) is 20.5. The molecule has 0 aliphatic heterocycles. The number of imidazole rings is 1. The fraction of sp³-hybridized carbons (Fsp3) is 0.103. The van der Waals surface area contributed by atoms with E-state index < -0.39 is 4.92 Å². The van der Waals surface area contributed by atoms with Crippen molar-refractivity contribution in [1.29, 1.82) is 0 Å². The smallest absolute Gasteiger partial charge is 0.270 e. The van der Waals surface area contributed by atoms with Crippen molar-refractivity contribution in [3.63, 3.8) is 0 Å². The van der Waals surface area contributed by atoms with Crippen molar-refractivity contribution >= 4 is 40.1 Å². The summed E-state index contributed by atoms with van der Waals surface area (Å²) in [6, 6.07) is 20.0. The second-order valence-corrected chi connectivity index (χ2v) is 8.82. The number of aromatic hydroxyl groups is 1. The molecule has 9 heteroatoms. The maximum Gasteiger partial charge on any atom is 0.270 e. The Morgan fingerprint density at radius 3 is 2.55 bits per heavy atom. The monoisotopic (exact) mass is 506 g/mol. The van der Waals surface area contributed by atoms with E-state index >= 15 is 0 Å². The number of benzene rings is 3. The molecule has 190 valence electrons. The van der Waals surface area contributed by atoms with E-state index in [-0.39, 0.29) is 11.6 Å². The summed E-state index contributed by atoms with van der Waals surface area (Å²) >= 11 is 0. The van der Waals surface area contributed by atoms with Gasteiger partial charge in [0.25, 0.3) is 5.69 Å². The summed E-state index contributed by atoms with van der Waals surface area (Å²) in [7, 11) is 0. The van der Waals surface area contributed by atoms with Crippen LogP contribution >= 0.6 is 0 Å². The molecule has 5 rings (SSSR count). The van der Waals surface area contributed by atoms with Crippen LogP contribution in [0, 0.1) is 10.1 Å². The quantitative estimate of drug-likeness (QED) is 0.114. The van der Waals surface area contributed by atoms with Crippen LogP contribution in [0.1, 0.15) is 34.4 Å². The Bertz CT molecular complexity index is 1620. The van der Waals surface area contributed by atoms with E-state index in [0.717, 1.165) is 35.2 Å². The molecule has 0 aliphatic rings. The molecule has 0 fully saturated rings. The summed E-state index contributed by atoms with van der Waals surface area (Å²) < 4.78 is 0. The number of nitrogens with one attached hydrogen (secondary N) is 2. The Hall–Kier alpha value is -5.02. The minimum Gasteiger partial charge on any atom is -0.494 e. The van der Waals surface area contributed by atoms with E-state index in [1.54, 1.807) is 18.6 Å². The summed E-state index contributed by atoms with van der Waals surface area (Å²) in [5.74, 6) is -0.106. The lowest BCUT2D eigenvalue weighted by atomic mass is 9.98. The molecule has 0 unspecified atom stereocenters. The standard InChI is InChI=1S/C29H26N6O3/c30-15-1-2-19-3-8-21(9-4-19)28(27-25-16-24(35(37)38)13-14-26(25)34-29(27)36)33-22-10-5-20(6-11-22)7-12-23-17-31-18-32-23/h3-14,16-18,34,36H,1-2,15,30H2,(H,31,32). The molecule has 9 nitrogen and oxygen atoms in total. The third-order valence-electron chi connectivity index (χ3n) is 6.22. The predicted molar refractivity (Wildman–Crippen MR) is 150 cm³/mol. The molecule has 38 heavy (non-hydrogen) atoms. The van der Waals surface area contributed by atoms with Gasteiger partial charge in [0.1, 0.15) is 0 Å². The average molecular weight is 507 g/mol. The van der Waals surface area contributed by atoms with Crippen molar-refractivity contribution in [2.24, 2.45) is 10.7 Å². The number of fused-ring (bicyclic) bond motifs is 1. The van der Waals surface area contributed by atoms with E-state index in [1.807, 2.05) is 60.7 Å². The summed E-state index contributed by atoms with van der Waals surface area (Å²) in [5, 5.41) is 22.9. The predicted octanol–water partition coefficient (Wildman–Crippen LogP) is 5.74. The van der Waals surface area contributed by atoms with Crippen LogP contribution in [0.2, 0.25) is 0 Å². The highest BCUT2D eigenvalue weighted by Gasteiger charge is 2.21. The molecule has 0 amide bonds. The summed E-state index contributed by atoms with van der Waals surface area (Å²) in [6.45, 7) is 0.615. The van der Waals surface area contributed by atoms with Gasteiger partial charge in [-0.2, -0.15) is 0 Å². The molecular weight excluding hydrogens is 480 g/mol. The molecule has 0 saturated heterocycles. The Balaban J connectivity index is 1.58. The largest absolute Gasteiger partial charge is 0.494 e. The number of hydrogen-bond donors (Lipinski definition) is 4. The molecule has 5 N–H and O–H groups in total. The molecule has 2 aromatic heterocycles. The van der Waals surface area contributed by atoms with Crippen LogP contribution in [-0.4, -0.2) is 37.2 Å². The third kappa shape index (κ3) is 5.37. The number of rotatable bonds is 9. The van der Waals surface area contributed by atoms with Gasteiger partial charge in [-0.15, -0.1) is 0 Å². The van der Waals surface area contributed by atoms with E-state index in [9.17, 15) is 15.2 Å². The van der Waals surface area contributed by atoms with Gasteiger partial charge in [0.15, 0.2) is 5.88 Å². The Labute approximate surface area is 218 Å². The highest BCUT2D eigenvalue weighted by Crippen LogP contribution is 2.33. The minimum atomic E-state index is -0.453. The first-order chi connectivity index (χ1) is 18.5. The summed E-state index contributed by atoms with van der Waals surface area (Å²) in [6.07, 6.45) is 9.00. The molecular formula is C29H26N6O3. The van der Waals surface area contributed by atoms with Crippen LogP contribution in [0.5, 0.6) is 5.88 Å². The molecule has 2 heterocycles. The molecule has 0 radical (unpaired) electrons. The fourth-order valence-electron chi connectivity index (χ4n) is 4.25. The second kappa shape index (κ2) is 10.9. The average Bonchev–Trinajstić information content (AvgIpc) is 3.57. The van der Waals surface area contributed by atoms with Gasteiger partial charge in [-0.3, -0.25) is 10.1 Å². The van der Waals surface area contributed by atoms with Gasteiger partial charge in [-0.05, 0) is 54.8 Å². The first-order valence-electron chi connectivity index (χ1n) is 12.2. The third-order valence-corrected chi connectivity index (χ3v) is 6.22. The molecule has 0 saturated carbocycles. The lowest BCUT2D eigenvalue weighted by Gasteiger charge is -2.09. The van der Waals surface area contributed by atoms with Gasteiger partial charge < -0.3 is 20.8 Å². The lowest BCUT2D eigenvalue weighted by molar-refractivity contribution is -0.384. The van der Waals surface area contributed by atoms with Crippen LogP contribution in [0.15, 0.2) is 84.2 Å². The number of aromatic amines is 2. The molecule has 0 aliphatic carbocycles. The Kier molecular flexibility index (Phi) is 7.10. The van der Waals surface area contributed by atoms with Crippen LogP contribution in [0.3, 0.4) is 0 Å². The number of H-pyrrole nitrogens is 2. The van der Waals surface area contributed by atoms with Crippen molar-refractivity contribution < 1.29 is 10.0 Å². The number of hydrogen-bond acceptors (Lipinski definition) is 6. The maximum absolute atomic E-state index is 11.5. The summed E-state index contributed by atoms with van der Waals surface area (Å²) in [5.41, 5.74) is 11.5. The Morgan fingerprint density at radius 1 is 1.08 bits per heavy atom. The highest BCUT2D eigenvalue weighted by atomic mass is 16.6. The van der Waals surface area contributed by atoms with E-state index in [2.05, 4.69) is 15.0 Å². The number of aliphatic imine (C=N–C) groups is 1. The maximum atomic E-state index is 11.5. The van der Waals surface area contributed by atoms with Crippen molar-refractivity contribution in [3.05, 3.63) is 117 Å². The van der Waals surface area contributed by atoms with Crippen molar-refractivity contribution in [1.82, 2.24) is 15.0 Å². The first-order valence-corrected chi connectivity index (χ1v) is 12.2. The number of nitro groups is 1. The molecule has 3 aromatic carbocycles. The number of nitrogens with two attached hydrogens (primary N) is 1. The minimum absolute atomic E-state index is 0.0670. The van der Waals surface area contributed by atoms with Crippen LogP contribution in [0.4, 0.5) is 11.4 Å². The van der Waals surface area contributed by atoms with Gasteiger partial charge in [0.2, 0.25) is 0 Å². The van der Waals surface area contributed by atoms with Gasteiger partial charge in [-0.1, -0.05) is 42.5 Å². The lowest BCUT2D eigenvalue weighted by Crippen LogP contribution is -2.04. The molecule has 5 aromatic rings. The first kappa shape index (κ1) is 24.7. The van der Waals surface area contributed by atoms with Crippen molar-refractivity contribution in [2.75, 3.05) is 6.54 Å². The van der Waals surface area contributed by atoms with Gasteiger partial charge >= 0.3 is 0 Å². The zero-order chi connectivity index (χ0) is 26.5. The SMILES string of the molecule is NCCCc1ccc(C(=Nc2ccc(C=Cc3cnc[nH]3)cc2)c2c(O)[nH]c3ccc([N+](=O)[O-])cc23)cc1. The highest BCUT2D eigenvalue weighted by molar-refractivity contribution is 6.22. The number of non-ortho nitro benzene ring substituents is 1. The topological polar surface area (TPSA) is 146 Å². The second-order valence-electron chi connectivity index (χ2n) is 8.82. The molecule has 0 bridgehead atoms. The normalized spacial score (nSPS) is 12.0. The van der Waals surface area contributed by atoms with Gasteiger partial charge in [0.05, 0.1) is 40.1 Å².